The van der Waals surface area contributed by atoms with Crippen molar-refractivity contribution in [2.24, 2.45) is 0 Å². The summed E-state index contributed by atoms with van der Waals surface area (Å²) in [4.78, 5) is 12.6. The Morgan fingerprint density at radius 3 is 2.55 bits per heavy atom. The fourth-order valence-electron chi connectivity index (χ4n) is 2.92. The van der Waals surface area contributed by atoms with Crippen molar-refractivity contribution in [3.63, 3.8) is 0 Å². The highest BCUT2D eigenvalue weighted by Crippen LogP contribution is 2.33. The molecule has 0 radical (unpaired) electrons. The minimum Gasteiger partial charge on any atom is -0.322 e. The first-order chi connectivity index (χ1) is 13.7. The number of nitriles is 1. The molecule has 2 aromatic carbocycles. The monoisotopic (exact) mass is 398 g/mol. The largest absolute Gasteiger partial charge is 0.435 e. The topological polar surface area (TPSA) is 70.7 Å². The number of para-hydroxylation sites is 1. The smallest absolute Gasteiger partial charge is 0.322 e. The van der Waals surface area contributed by atoms with Crippen LogP contribution in [0.3, 0.4) is 0 Å². The molecule has 0 aliphatic heterocycles. The minimum atomic E-state index is -4.59. The molecule has 148 valence electrons. The fourth-order valence-corrected chi connectivity index (χ4v) is 2.92. The molecule has 0 unspecified atom stereocenters. The number of hydrogen-bond acceptors (Lipinski definition) is 3. The van der Waals surface area contributed by atoms with Gasteiger partial charge in [0.15, 0.2) is 5.69 Å². The number of anilines is 1. The standard InChI is InChI=1S/C21H17F3N4O/c1-3-28-18(11-19(27-28)21(22,23)24)16-9-8-14(10-15(16)12-25)20(29)26-17-7-5-4-6-13(17)2/h4-11H,3H2,1-2H3,(H,26,29). The number of nitrogens with zero attached hydrogens (tertiary/aromatic N) is 3. The van der Waals surface area contributed by atoms with Gasteiger partial charge in [0.25, 0.3) is 5.91 Å². The average Bonchev–Trinajstić information content (AvgIpc) is 3.14. The van der Waals surface area contributed by atoms with E-state index >= 15 is 0 Å². The molecule has 0 spiro atoms. The summed E-state index contributed by atoms with van der Waals surface area (Å²) < 4.78 is 40.3. The van der Waals surface area contributed by atoms with Gasteiger partial charge in [0.2, 0.25) is 0 Å². The third-order valence-corrected chi connectivity index (χ3v) is 4.44. The lowest BCUT2D eigenvalue weighted by molar-refractivity contribution is -0.141. The second-order valence-corrected chi connectivity index (χ2v) is 6.37. The number of hydrogen-bond donors (Lipinski definition) is 1. The number of alkyl halides is 3. The van der Waals surface area contributed by atoms with Crippen molar-refractivity contribution in [1.29, 1.82) is 5.26 Å². The molecule has 0 bridgehead atoms. The molecule has 0 saturated carbocycles. The number of carbonyl (C=O) groups excluding carboxylic acids is 1. The molecule has 1 amide bonds. The summed E-state index contributed by atoms with van der Waals surface area (Å²) in [6.45, 7) is 3.71. The molecular weight excluding hydrogens is 381 g/mol. The Labute approximate surface area is 165 Å². The molecular formula is C21H17F3N4O. The zero-order valence-corrected chi connectivity index (χ0v) is 15.7. The van der Waals surface area contributed by atoms with Crippen molar-refractivity contribution < 1.29 is 18.0 Å². The highest BCUT2D eigenvalue weighted by Gasteiger charge is 2.35. The van der Waals surface area contributed by atoms with E-state index in [0.717, 1.165) is 11.6 Å². The van der Waals surface area contributed by atoms with Crippen molar-refractivity contribution in [3.05, 3.63) is 70.9 Å². The Balaban J connectivity index is 1.98. The van der Waals surface area contributed by atoms with Crippen LogP contribution in [0.5, 0.6) is 0 Å². The molecule has 0 aliphatic carbocycles. The minimum absolute atomic E-state index is 0.0887. The van der Waals surface area contributed by atoms with Gasteiger partial charge in [-0.05, 0) is 43.7 Å². The van der Waals surface area contributed by atoms with Gasteiger partial charge in [-0.15, -0.1) is 0 Å². The predicted octanol–water partition coefficient (Wildman–Crippen LogP) is 5.02. The highest BCUT2D eigenvalue weighted by molar-refractivity contribution is 6.05. The van der Waals surface area contributed by atoms with E-state index in [1.54, 1.807) is 19.1 Å². The van der Waals surface area contributed by atoms with Crippen LogP contribution in [0.25, 0.3) is 11.3 Å². The molecule has 3 rings (SSSR count). The van der Waals surface area contributed by atoms with Crippen LogP contribution in [0.1, 0.15) is 34.1 Å². The van der Waals surface area contributed by atoms with Crippen LogP contribution in [0.15, 0.2) is 48.5 Å². The number of aryl methyl sites for hydroxylation is 2. The van der Waals surface area contributed by atoms with E-state index in [9.17, 15) is 23.2 Å². The summed E-state index contributed by atoms with van der Waals surface area (Å²) in [7, 11) is 0. The van der Waals surface area contributed by atoms with Crippen LogP contribution in [-0.4, -0.2) is 15.7 Å². The van der Waals surface area contributed by atoms with Gasteiger partial charge in [0.05, 0.1) is 17.3 Å². The van der Waals surface area contributed by atoms with Crippen LogP contribution < -0.4 is 5.32 Å². The molecule has 0 atom stereocenters. The molecule has 0 saturated heterocycles. The average molecular weight is 398 g/mol. The second kappa shape index (κ2) is 7.80. The van der Waals surface area contributed by atoms with E-state index < -0.39 is 17.8 Å². The molecule has 0 aliphatic rings. The molecule has 29 heavy (non-hydrogen) atoms. The zero-order valence-electron chi connectivity index (χ0n) is 15.7. The lowest BCUT2D eigenvalue weighted by atomic mass is 10.0. The fraction of sp³-hybridized carbons (Fsp3) is 0.190. The van der Waals surface area contributed by atoms with E-state index in [1.807, 2.05) is 25.1 Å². The van der Waals surface area contributed by atoms with Gasteiger partial charge in [-0.25, -0.2) is 0 Å². The van der Waals surface area contributed by atoms with Crippen molar-refractivity contribution in [2.45, 2.75) is 26.6 Å². The molecule has 8 heteroatoms. The van der Waals surface area contributed by atoms with Crippen LogP contribution in [0.4, 0.5) is 18.9 Å². The summed E-state index contributed by atoms with van der Waals surface area (Å²) >= 11 is 0. The Morgan fingerprint density at radius 2 is 1.93 bits per heavy atom. The number of rotatable bonds is 4. The first-order valence-electron chi connectivity index (χ1n) is 8.81. The van der Waals surface area contributed by atoms with Crippen molar-refractivity contribution >= 4 is 11.6 Å². The van der Waals surface area contributed by atoms with Crippen molar-refractivity contribution in [1.82, 2.24) is 9.78 Å². The van der Waals surface area contributed by atoms with Crippen LogP contribution in [-0.2, 0) is 12.7 Å². The highest BCUT2D eigenvalue weighted by atomic mass is 19.4. The summed E-state index contributed by atoms with van der Waals surface area (Å²) in [5.41, 5.74) is 1.26. The maximum Gasteiger partial charge on any atom is 0.435 e. The van der Waals surface area contributed by atoms with Gasteiger partial charge in [0.1, 0.15) is 0 Å². The number of carbonyl (C=O) groups is 1. The maximum absolute atomic E-state index is 13.0. The van der Waals surface area contributed by atoms with Crippen LogP contribution in [0.2, 0.25) is 0 Å². The summed E-state index contributed by atoms with van der Waals surface area (Å²) in [6, 6.07) is 14.4. The SMILES string of the molecule is CCn1nc(C(F)(F)F)cc1-c1ccc(C(=O)Nc2ccccc2C)cc1C#N. The first-order valence-corrected chi connectivity index (χ1v) is 8.81. The summed E-state index contributed by atoms with van der Waals surface area (Å²) in [5.74, 6) is -0.415. The Hall–Kier alpha value is -3.60. The number of amides is 1. The quantitative estimate of drug-likeness (QED) is 0.671. The normalized spacial score (nSPS) is 11.2. The summed E-state index contributed by atoms with van der Waals surface area (Å²) in [6.07, 6.45) is -4.59. The predicted molar refractivity (Wildman–Crippen MR) is 102 cm³/mol. The second-order valence-electron chi connectivity index (χ2n) is 6.37. The van der Waals surface area contributed by atoms with Gasteiger partial charge < -0.3 is 5.32 Å². The van der Waals surface area contributed by atoms with Gasteiger partial charge in [-0.2, -0.15) is 23.5 Å². The zero-order chi connectivity index (χ0) is 21.2. The van der Waals surface area contributed by atoms with Gasteiger partial charge in [0, 0.05) is 23.4 Å². The molecule has 1 aromatic heterocycles. The molecule has 5 nitrogen and oxygen atoms in total. The molecule has 3 aromatic rings. The first kappa shape index (κ1) is 20.1. The van der Waals surface area contributed by atoms with E-state index in [4.69, 9.17) is 0 Å². The van der Waals surface area contributed by atoms with Crippen LogP contribution >= 0.6 is 0 Å². The number of benzene rings is 2. The van der Waals surface area contributed by atoms with Crippen molar-refractivity contribution in [2.75, 3.05) is 5.32 Å². The Bertz CT molecular complexity index is 1110. The Kier molecular flexibility index (Phi) is 5.41. The van der Waals surface area contributed by atoms with Gasteiger partial charge >= 0.3 is 6.18 Å². The van der Waals surface area contributed by atoms with Gasteiger partial charge in [-0.1, -0.05) is 24.3 Å². The van der Waals surface area contributed by atoms with E-state index in [-0.39, 0.29) is 28.9 Å². The number of aromatic nitrogens is 2. The molecule has 1 heterocycles. The Morgan fingerprint density at radius 1 is 1.21 bits per heavy atom. The third kappa shape index (κ3) is 4.14. The number of halogens is 3. The lowest BCUT2D eigenvalue weighted by Crippen LogP contribution is -2.13. The van der Waals surface area contributed by atoms with Crippen molar-refractivity contribution in [3.8, 4) is 17.3 Å². The van der Waals surface area contributed by atoms with Crippen LogP contribution in [0, 0.1) is 18.3 Å². The maximum atomic E-state index is 13.0. The van der Waals surface area contributed by atoms with E-state index in [0.29, 0.717) is 5.69 Å². The lowest BCUT2D eigenvalue weighted by Gasteiger charge is -2.10. The molecule has 1 N–H and O–H groups in total. The summed E-state index contributed by atoms with van der Waals surface area (Å²) in [5, 5.41) is 15.9. The van der Waals surface area contributed by atoms with Gasteiger partial charge in [-0.3, -0.25) is 9.48 Å². The van der Waals surface area contributed by atoms with E-state index in [2.05, 4.69) is 10.4 Å². The molecule has 0 fully saturated rings. The number of nitrogens with one attached hydrogen (secondary N) is 1. The van der Waals surface area contributed by atoms with E-state index in [1.165, 1.54) is 22.9 Å². The third-order valence-electron chi connectivity index (χ3n) is 4.44.